The fourth-order valence-corrected chi connectivity index (χ4v) is 2.01. The predicted octanol–water partition coefficient (Wildman–Crippen LogP) is 1.62. The van der Waals surface area contributed by atoms with Crippen molar-refractivity contribution < 1.29 is 8.42 Å². The zero-order chi connectivity index (χ0) is 9.73. The second-order valence-corrected chi connectivity index (χ2v) is 4.21. The molecule has 0 aliphatic rings. The number of benzene rings is 1. The van der Waals surface area contributed by atoms with Crippen LogP contribution < -0.4 is 0 Å². The zero-order valence-corrected chi connectivity index (χ0v) is 8.31. The lowest BCUT2D eigenvalue weighted by atomic mass is 10.2. The van der Waals surface area contributed by atoms with Gasteiger partial charge in [0.1, 0.15) is 0 Å². The van der Waals surface area contributed by atoms with E-state index in [1.165, 1.54) is 0 Å². The molecule has 0 heterocycles. The van der Waals surface area contributed by atoms with Crippen LogP contribution in [0.1, 0.15) is 5.56 Å². The van der Waals surface area contributed by atoms with E-state index in [-0.39, 0.29) is 5.75 Å². The van der Waals surface area contributed by atoms with E-state index in [4.69, 9.17) is 0 Å². The summed E-state index contributed by atoms with van der Waals surface area (Å²) in [6, 6.07) is 8.80. The third kappa shape index (κ3) is 3.46. The van der Waals surface area contributed by atoms with E-state index in [1.807, 2.05) is 11.2 Å². The summed E-state index contributed by atoms with van der Waals surface area (Å²) in [6.45, 7) is 0. The van der Waals surface area contributed by atoms with Crippen molar-refractivity contribution in [3.63, 3.8) is 0 Å². The first kappa shape index (κ1) is 10.1. The molecular weight excluding hydrogens is 206 g/mol. The second kappa shape index (κ2) is 4.28. The molecule has 3 nitrogen and oxygen atoms in total. The summed E-state index contributed by atoms with van der Waals surface area (Å²) in [7, 11) is -3.47. The molecule has 0 saturated heterocycles. The van der Waals surface area contributed by atoms with Crippen molar-refractivity contribution in [1.82, 2.24) is 0 Å². The van der Waals surface area contributed by atoms with Gasteiger partial charge in [0.05, 0.1) is 10.9 Å². The van der Waals surface area contributed by atoms with Gasteiger partial charge in [0.15, 0.2) is 0 Å². The fraction of sp³-hybridized carbons (Fsp3) is 0.125. The van der Waals surface area contributed by atoms with Crippen molar-refractivity contribution in [1.29, 1.82) is 0 Å². The van der Waals surface area contributed by atoms with Gasteiger partial charge in [0.2, 0.25) is 0 Å². The molecule has 0 fully saturated rings. The number of sulfonamides is 1. The number of rotatable bonds is 3. The maximum Gasteiger partial charge on any atom is 0.265 e. The average molecular weight is 213 g/mol. The topological polar surface area (TPSA) is 46.5 Å². The van der Waals surface area contributed by atoms with Gasteiger partial charge >= 0.3 is 0 Å². The number of thiocarbonyl (C=S) groups is 1. The van der Waals surface area contributed by atoms with Crippen LogP contribution >= 0.6 is 12.2 Å². The summed E-state index contributed by atoms with van der Waals surface area (Å²) in [5.74, 6) is -0.128. The van der Waals surface area contributed by atoms with Crippen LogP contribution in [0, 0.1) is 0 Å². The Balaban J connectivity index is 2.88. The third-order valence-corrected chi connectivity index (χ3v) is 2.64. The van der Waals surface area contributed by atoms with Crippen LogP contribution in [0.5, 0.6) is 0 Å². The number of nitrogens with zero attached hydrogens (tertiary/aromatic N) is 1. The van der Waals surface area contributed by atoms with Gasteiger partial charge in [0, 0.05) is 0 Å². The van der Waals surface area contributed by atoms with Crippen molar-refractivity contribution in [2.75, 3.05) is 0 Å². The van der Waals surface area contributed by atoms with Gasteiger partial charge in [-0.2, -0.15) is 0 Å². The largest absolute Gasteiger partial charge is 0.265 e. The SMILES string of the molecule is O=S(=O)(Cc1ccccc1)N=C=S. The van der Waals surface area contributed by atoms with Crippen molar-refractivity contribution in [3.8, 4) is 0 Å². The van der Waals surface area contributed by atoms with Crippen LogP contribution in [0.3, 0.4) is 0 Å². The normalized spacial score (nSPS) is 10.5. The van der Waals surface area contributed by atoms with Crippen LogP contribution in [0.25, 0.3) is 0 Å². The Kier molecular flexibility index (Phi) is 3.31. The highest BCUT2D eigenvalue weighted by Gasteiger charge is 2.07. The van der Waals surface area contributed by atoms with Crippen LogP contribution in [0.15, 0.2) is 34.7 Å². The minimum absolute atomic E-state index is 0.128. The number of isothiocyanates is 1. The van der Waals surface area contributed by atoms with Crippen molar-refractivity contribution in [2.24, 2.45) is 4.40 Å². The summed E-state index contributed by atoms with van der Waals surface area (Å²) < 4.78 is 25.3. The Morgan fingerprint density at radius 1 is 1.31 bits per heavy atom. The Morgan fingerprint density at radius 3 is 2.46 bits per heavy atom. The van der Waals surface area contributed by atoms with E-state index >= 15 is 0 Å². The molecule has 68 valence electrons. The molecule has 0 aromatic heterocycles. The fourth-order valence-electron chi connectivity index (χ4n) is 0.874. The van der Waals surface area contributed by atoms with E-state index in [2.05, 4.69) is 16.6 Å². The molecule has 0 saturated carbocycles. The Hall–Kier alpha value is -1.03. The summed E-state index contributed by atoms with van der Waals surface area (Å²) >= 11 is 4.22. The minimum atomic E-state index is -3.47. The summed E-state index contributed by atoms with van der Waals surface area (Å²) in [5.41, 5.74) is 0.691. The highest BCUT2D eigenvalue weighted by Crippen LogP contribution is 2.05. The summed E-state index contributed by atoms with van der Waals surface area (Å²) in [4.78, 5) is 0. The van der Waals surface area contributed by atoms with E-state index in [0.717, 1.165) is 0 Å². The quantitative estimate of drug-likeness (QED) is 0.566. The van der Waals surface area contributed by atoms with Crippen LogP contribution in [0.4, 0.5) is 0 Å². The molecule has 0 radical (unpaired) electrons. The number of hydrogen-bond acceptors (Lipinski definition) is 3. The van der Waals surface area contributed by atoms with Crippen molar-refractivity contribution in [2.45, 2.75) is 5.75 Å². The van der Waals surface area contributed by atoms with Gasteiger partial charge in [-0.15, -0.1) is 4.40 Å². The Morgan fingerprint density at radius 2 is 1.92 bits per heavy atom. The van der Waals surface area contributed by atoms with E-state index in [9.17, 15) is 8.42 Å². The van der Waals surface area contributed by atoms with Gasteiger partial charge in [-0.05, 0) is 17.8 Å². The minimum Gasteiger partial charge on any atom is -0.204 e. The molecule has 0 bridgehead atoms. The van der Waals surface area contributed by atoms with Gasteiger partial charge in [-0.3, -0.25) is 0 Å². The van der Waals surface area contributed by atoms with Crippen LogP contribution in [0.2, 0.25) is 0 Å². The van der Waals surface area contributed by atoms with E-state index < -0.39 is 10.0 Å². The summed E-state index contributed by atoms with van der Waals surface area (Å²) in [5, 5.41) is 1.85. The highest BCUT2D eigenvalue weighted by molar-refractivity contribution is 7.90. The monoisotopic (exact) mass is 213 g/mol. The Bertz CT molecular complexity index is 419. The van der Waals surface area contributed by atoms with Gasteiger partial charge in [0.25, 0.3) is 10.0 Å². The standard InChI is InChI=1S/C8H7NO2S2/c10-13(11,9-7-12)6-8-4-2-1-3-5-8/h1-5H,6H2. The zero-order valence-electron chi connectivity index (χ0n) is 6.67. The summed E-state index contributed by atoms with van der Waals surface area (Å²) in [6.07, 6.45) is 0. The molecule has 0 unspecified atom stereocenters. The third-order valence-electron chi connectivity index (χ3n) is 1.37. The van der Waals surface area contributed by atoms with Crippen molar-refractivity contribution in [3.05, 3.63) is 35.9 Å². The lowest BCUT2D eigenvalue weighted by Crippen LogP contribution is -1.99. The van der Waals surface area contributed by atoms with Crippen LogP contribution in [-0.4, -0.2) is 13.6 Å². The molecule has 13 heavy (non-hydrogen) atoms. The first-order valence-electron chi connectivity index (χ1n) is 3.50. The molecule has 5 heteroatoms. The van der Waals surface area contributed by atoms with Gasteiger partial charge in [-0.1, -0.05) is 30.3 Å². The maximum absolute atomic E-state index is 11.1. The molecule has 0 aliphatic carbocycles. The molecule has 1 aromatic rings. The van der Waals surface area contributed by atoms with Gasteiger partial charge in [-0.25, -0.2) is 8.42 Å². The lowest BCUT2D eigenvalue weighted by Gasteiger charge is -1.96. The first-order chi connectivity index (χ1) is 6.14. The average Bonchev–Trinajstić information content (AvgIpc) is 2.04. The predicted molar refractivity (Wildman–Crippen MR) is 54.1 cm³/mol. The lowest BCUT2D eigenvalue weighted by molar-refractivity contribution is 0.597. The molecule has 1 aromatic carbocycles. The molecular formula is C8H7NO2S2. The van der Waals surface area contributed by atoms with Crippen LogP contribution in [-0.2, 0) is 15.8 Å². The second-order valence-electron chi connectivity index (χ2n) is 2.39. The van der Waals surface area contributed by atoms with Crippen molar-refractivity contribution >= 4 is 27.4 Å². The molecule has 0 spiro atoms. The number of hydrogen-bond donors (Lipinski definition) is 0. The molecule has 0 aliphatic heterocycles. The van der Waals surface area contributed by atoms with E-state index in [0.29, 0.717) is 5.56 Å². The highest BCUT2D eigenvalue weighted by atomic mass is 32.2. The molecule has 0 atom stereocenters. The van der Waals surface area contributed by atoms with Gasteiger partial charge < -0.3 is 0 Å². The molecule has 0 amide bonds. The first-order valence-corrected chi connectivity index (χ1v) is 5.51. The maximum atomic E-state index is 11.1. The molecule has 0 N–H and O–H groups in total. The Labute approximate surface area is 82.2 Å². The smallest absolute Gasteiger partial charge is 0.204 e. The van der Waals surface area contributed by atoms with E-state index in [1.54, 1.807) is 24.3 Å². The molecule has 1 rings (SSSR count).